The number of aliphatic hydroxyl groups excluding tert-OH is 1. The first-order valence-corrected chi connectivity index (χ1v) is 14.3. The Morgan fingerprint density at radius 2 is 1.97 bits per heavy atom. The van der Waals surface area contributed by atoms with Crippen LogP contribution in [0.5, 0.6) is 5.88 Å². The van der Waals surface area contributed by atoms with E-state index in [0.29, 0.717) is 35.7 Å². The van der Waals surface area contributed by atoms with Gasteiger partial charge in [0, 0.05) is 43.0 Å². The Labute approximate surface area is 229 Å². The molecule has 212 valence electrons. The van der Waals surface area contributed by atoms with Gasteiger partial charge in [-0.3, -0.25) is 9.48 Å². The van der Waals surface area contributed by atoms with Crippen LogP contribution in [0.2, 0.25) is 0 Å². The molecule has 4 rings (SSSR count). The standard InChI is InChI=1S/C26H37N7O5S/c1-17-12-26(5,6)32(13-17)23-19(24(35)30-39(36,37)20-14-31(7)28-18(20)2)8-9-21(27-23)33-11-10-22(29-33)38-16-25(3,4)15-34/h8-11,14,17,34H,12-13,15-16H2,1-7H3,(H,30,35)/t17-/m0/s1. The smallest absolute Gasteiger partial charge is 0.268 e. The summed E-state index contributed by atoms with van der Waals surface area (Å²) in [7, 11) is -2.54. The minimum absolute atomic E-state index is 0.0255. The number of nitrogens with zero attached hydrogens (tertiary/aromatic N) is 6. The fourth-order valence-electron chi connectivity index (χ4n) is 4.81. The highest BCUT2D eigenvalue weighted by Crippen LogP contribution is 2.37. The zero-order valence-electron chi connectivity index (χ0n) is 23.5. The van der Waals surface area contributed by atoms with Gasteiger partial charge in [0.2, 0.25) is 5.88 Å². The van der Waals surface area contributed by atoms with E-state index in [4.69, 9.17) is 9.72 Å². The highest BCUT2D eigenvalue weighted by atomic mass is 32.2. The second-order valence-corrected chi connectivity index (χ2v) is 13.3. The van der Waals surface area contributed by atoms with Gasteiger partial charge in [-0.05, 0) is 45.2 Å². The molecule has 0 saturated carbocycles. The van der Waals surface area contributed by atoms with Crippen LogP contribution >= 0.6 is 0 Å². The van der Waals surface area contributed by atoms with Crippen molar-refractivity contribution >= 4 is 21.7 Å². The number of amides is 1. The molecule has 0 spiro atoms. The number of carbonyl (C=O) groups is 1. The van der Waals surface area contributed by atoms with Crippen molar-refractivity contribution in [2.75, 3.05) is 24.7 Å². The normalized spacial score (nSPS) is 17.4. The van der Waals surface area contributed by atoms with E-state index >= 15 is 0 Å². The number of aromatic nitrogens is 5. The molecule has 1 aliphatic heterocycles. The van der Waals surface area contributed by atoms with Gasteiger partial charge in [-0.1, -0.05) is 20.8 Å². The molecule has 1 saturated heterocycles. The SMILES string of the molecule is Cc1nn(C)cc1S(=O)(=O)NC(=O)c1ccc(-n2ccc(OCC(C)(C)CO)n2)nc1N1C[C@@H](C)CC1(C)C. The molecular formula is C26H37N7O5S. The molecule has 1 amide bonds. The summed E-state index contributed by atoms with van der Waals surface area (Å²) in [5.74, 6) is 0.756. The molecule has 4 heterocycles. The summed E-state index contributed by atoms with van der Waals surface area (Å²) in [5.41, 5.74) is -0.302. The Kier molecular flexibility index (Phi) is 7.52. The average Bonchev–Trinajstić information content (AvgIpc) is 3.53. The number of ether oxygens (including phenoxy) is 1. The van der Waals surface area contributed by atoms with Crippen molar-refractivity contribution in [3.63, 3.8) is 0 Å². The summed E-state index contributed by atoms with van der Waals surface area (Å²) >= 11 is 0. The number of aliphatic hydroxyl groups is 1. The lowest BCUT2D eigenvalue weighted by Crippen LogP contribution is -2.41. The first-order chi connectivity index (χ1) is 18.1. The van der Waals surface area contributed by atoms with E-state index in [1.807, 2.05) is 18.7 Å². The summed E-state index contributed by atoms with van der Waals surface area (Å²) in [6.45, 7) is 12.5. The van der Waals surface area contributed by atoms with Crippen LogP contribution in [0.1, 0.15) is 57.1 Å². The zero-order chi connectivity index (χ0) is 28.8. The van der Waals surface area contributed by atoms with Gasteiger partial charge in [0.1, 0.15) is 10.7 Å². The van der Waals surface area contributed by atoms with Gasteiger partial charge in [-0.2, -0.15) is 5.10 Å². The lowest BCUT2D eigenvalue weighted by atomic mass is 9.97. The molecule has 0 aliphatic carbocycles. The molecule has 1 aliphatic rings. The Morgan fingerprint density at radius 3 is 2.56 bits per heavy atom. The molecule has 2 N–H and O–H groups in total. The molecule has 0 bridgehead atoms. The Hall–Kier alpha value is -3.45. The number of anilines is 1. The van der Waals surface area contributed by atoms with Crippen molar-refractivity contribution in [2.24, 2.45) is 18.4 Å². The van der Waals surface area contributed by atoms with Crippen LogP contribution in [0.15, 0.2) is 35.5 Å². The fraction of sp³-hybridized carbons (Fsp3) is 0.538. The second-order valence-electron chi connectivity index (χ2n) is 11.7. The molecular weight excluding hydrogens is 522 g/mol. The number of hydrogen-bond acceptors (Lipinski definition) is 9. The third-order valence-electron chi connectivity index (χ3n) is 6.76. The molecule has 1 atom stereocenters. The number of sulfonamides is 1. The van der Waals surface area contributed by atoms with Crippen molar-refractivity contribution in [2.45, 2.75) is 58.4 Å². The van der Waals surface area contributed by atoms with Gasteiger partial charge < -0.3 is 14.7 Å². The van der Waals surface area contributed by atoms with Crippen molar-refractivity contribution in [3.05, 3.63) is 41.9 Å². The number of aryl methyl sites for hydroxylation is 2. The summed E-state index contributed by atoms with van der Waals surface area (Å²) in [4.78, 5) is 20.2. The van der Waals surface area contributed by atoms with Gasteiger partial charge in [-0.25, -0.2) is 22.8 Å². The third kappa shape index (κ3) is 6.09. The maximum Gasteiger partial charge on any atom is 0.268 e. The van der Waals surface area contributed by atoms with Gasteiger partial charge >= 0.3 is 0 Å². The first kappa shape index (κ1) is 28.6. The molecule has 3 aromatic rings. The maximum absolute atomic E-state index is 13.4. The molecule has 12 nitrogen and oxygen atoms in total. The molecule has 39 heavy (non-hydrogen) atoms. The largest absolute Gasteiger partial charge is 0.476 e. The van der Waals surface area contributed by atoms with Gasteiger partial charge in [-0.15, -0.1) is 5.10 Å². The van der Waals surface area contributed by atoms with Crippen LogP contribution in [0.3, 0.4) is 0 Å². The molecule has 0 radical (unpaired) electrons. The van der Waals surface area contributed by atoms with E-state index in [2.05, 4.69) is 35.7 Å². The monoisotopic (exact) mass is 559 g/mol. The quantitative estimate of drug-likeness (QED) is 0.404. The third-order valence-corrected chi connectivity index (χ3v) is 8.19. The van der Waals surface area contributed by atoms with E-state index in [1.165, 1.54) is 15.6 Å². The zero-order valence-corrected chi connectivity index (χ0v) is 24.3. The lowest BCUT2D eigenvalue weighted by Gasteiger charge is -2.34. The van der Waals surface area contributed by atoms with Crippen molar-refractivity contribution in [1.29, 1.82) is 0 Å². The van der Waals surface area contributed by atoms with Gasteiger partial charge in [0.15, 0.2) is 5.82 Å². The molecule has 0 unspecified atom stereocenters. The number of rotatable bonds is 9. The fourth-order valence-corrected chi connectivity index (χ4v) is 5.99. The van der Waals surface area contributed by atoms with Crippen molar-refractivity contribution in [1.82, 2.24) is 29.3 Å². The highest BCUT2D eigenvalue weighted by Gasteiger charge is 2.39. The predicted molar refractivity (Wildman–Crippen MR) is 146 cm³/mol. The Balaban J connectivity index is 1.69. The summed E-state index contributed by atoms with van der Waals surface area (Å²) in [6, 6.07) is 4.87. The number of carbonyl (C=O) groups excluding carboxylic acids is 1. The van der Waals surface area contributed by atoms with Crippen molar-refractivity contribution in [3.8, 4) is 11.7 Å². The maximum atomic E-state index is 13.4. The van der Waals surface area contributed by atoms with Crippen LogP contribution in [-0.2, 0) is 17.1 Å². The number of pyridine rings is 1. The topological polar surface area (TPSA) is 144 Å². The second kappa shape index (κ2) is 10.3. The molecule has 0 aromatic carbocycles. The first-order valence-electron chi connectivity index (χ1n) is 12.8. The van der Waals surface area contributed by atoms with Crippen molar-refractivity contribution < 1.29 is 23.1 Å². The Bertz CT molecular complexity index is 1480. The number of nitrogens with one attached hydrogen (secondary N) is 1. The molecule has 1 fully saturated rings. The van der Waals surface area contributed by atoms with Gasteiger partial charge in [0.05, 0.1) is 24.5 Å². The lowest BCUT2D eigenvalue weighted by molar-refractivity contribution is 0.0949. The molecule has 3 aromatic heterocycles. The number of hydrogen-bond donors (Lipinski definition) is 2. The Morgan fingerprint density at radius 1 is 1.26 bits per heavy atom. The average molecular weight is 560 g/mol. The van der Waals surface area contributed by atoms with Crippen LogP contribution in [0.25, 0.3) is 5.82 Å². The molecule has 13 heteroatoms. The minimum Gasteiger partial charge on any atom is -0.476 e. The highest BCUT2D eigenvalue weighted by molar-refractivity contribution is 7.90. The summed E-state index contributed by atoms with van der Waals surface area (Å²) < 4.78 is 36.9. The van der Waals surface area contributed by atoms with Gasteiger partial charge in [0.25, 0.3) is 15.9 Å². The van der Waals surface area contributed by atoms with Crippen LogP contribution in [-0.4, -0.2) is 69.3 Å². The van der Waals surface area contributed by atoms with E-state index < -0.39 is 21.3 Å². The summed E-state index contributed by atoms with van der Waals surface area (Å²) in [6.07, 6.45) is 3.94. The summed E-state index contributed by atoms with van der Waals surface area (Å²) in [5, 5.41) is 18.0. The van der Waals surface area contributed by atoms with Crippen LogP contribution < -0.4 is 14.4 Å². The minimum atomic E-state index is -4.16. The van der Waals surface area contributed by atoms with E-state index in [0.717, 1.165) is 6.42 Å². The van der Waals surface area contributed by atoms with E-state index in [9.17, 15) is 18.3 Å². The van der Waals surface area contributed by atoms with E-state index in [1.54, 1.807) is 38.4 Å². The van der Waals surface area contributed by atoms with Crippen LogP contribution in [0.4, 0.5) is 5.82 Å². The van der Waals surface area contributed by atoms with E-state index in [-0.39, 0.29) is 29.2 Å². The predicted octanol–water partition coefficient (Wildman–Crippen LogP) is 2.45. The van der Waals surface area contributed by atoms with Crippen LogP contribution in [0, 0.1) is 18.3 Å².